The third-order valence-electron chi connectivity index (χ3n) is 2.17. The van der Waals surface area contributed by atoms with Crippen molar-refractivity contribution in [3.63, 3.8) is 0 Å². The molecule has 0 fully saturated rings. The molecule has 0 aromatic carbocycles. The molecule has 96 valence electrons. The van der Waals surface area contributed by atoms with Gasteiger partial charge >= 0.3 is 0 Å². The molecule has 1 unspecified atom stereocenters. The average Bonchev–Trinajstić information content (AvgIpc) is 2.27. The number of thiocarbonyl (C=S) groups is 1. The molecule has 0 aliphatic rings. The summed E-state index contributed by atoms with van der Waals surface area (Å²) in [4.78, 5) is 26.6. The maximum absolute atomic E-state index is 11.7. The van der Waals surface area contributed by atoms with Crippen LogP contribution in [-0.2, 0) is 4.79 Å². The number of rotatable bonds is 5. The zero-order chi connectivity index (χ0) is 13.7. The zero-order valence-corrected chi connectivity index (χ0v) is 10.7. The van der Waals surface area contributed by atoms with Gasteiger partial charge in [0.05, 0.1) is 0 Å². The minimum atomic E-state index is -0.473. The van der Waals surface area contributed by atoms with Gasteiger partial charge in [0.15, 0.2) is 0 Å². The molecule has 18 heavy (non-hydrogen) atoms. The number of aromatic nitrogens is 1. The lowest BCUT2D eigenvalue weighted by Crippen LogP contribution is -2.36. The average molecular weight is 266 g/mol. The Morgan fingerprint density at radius 1 is 1.44 bits per heavy atom. The number of hydrogen-bond acceptors (Lipinski definition) is 4. The number of primary amides is 1. The summed E-state index contributed by atoms with van der Waals surface area (Å²) < 4.78 is 0. The smallest absolute Gasteiger partial charge is 0.270 e. The Morgan fingerprint density at radius 2 is 2.11 bits per heavy atom. The lowest BCUT2D eigenvalue weighted by atomic mass is 10.2. The summed E-state index contributed by atoms with van der Waals surface area (Å²) in [6.07, 6.45) is 1.51. The number of hydrogen-bond donors (Lipinski definition) is 3. The predicted octanol–water partition coefficient (Wildman–Crippen LogP) is -0.291. The van der Waals surface area contributed by atoms with Crippen LogP contribution in [0.5, 0.6) is 0 Å². The van der Waals surface area contributed by atoms with E-state index in [2.05, 4.69) is 10.3 Å². The molecule has 1 rings (SSSR count). The highest BCUT2D eigenvalue weighted by molar-refractivity contribution is 7.80. The van der Waals surface area contributed by atoms with Crippen LogP contribution in [0, 0.1) is 0 Å². The Morgan fingerprint density at radius 3 is 2.56 bits per heavy atom. The molecule has 1 heterocycles. The molecule has 0 bridgehead atoms. The highest BCUT2D eigenvalue weighted by Crippen LogP contribution is 2.01. The number of amides is 2. The first-order chi connectivity index (χ1) is 8.40. The van der Waals surface area contributed by atoms with Crippen LogP contribution in [0.25, 0.3) is 0 Å². The van der Waals surface area contributed by atoms with E-state index >= 15 is 0 Å². The highest BCUT2D eigenvalue weighted by atomic mass is 32.1. The fourth-order valence-corrected chi connectivity index (χ4v) is 1.45. The minimum absolute atomic E-state index is 0.0801. The van der Waals surface area contributed by atoms with Gasteiger partial charge in [-0.2, -0.15) is 0 Å². The quantitative estimate of drug-likeness (QED) is 0.634. The van der Waals surface area contributed by atoms with E-state index < -0.39 is 5.91 Å². The summed E-state index contributed by atoms with van der Waals surface area (Å²) in [6, 6.07) is 2.79. The minimum Gasteiger partial charge on any atom is -0.389 e. The maximum atomic E-state index is 11.7. The van der Waals surface area contributed by atoms with Crippen LogP contribution in [-0.4, -0.2) is 27.8 Å². The van der Waals surface area contributed by atoms with Crippen molar-refractivity contribution >= 4 is 29.0 Å². The summed E-state index contributed by atoms with van der Waals surface area (Å²) in [5, 5.41) is 2.61. The van der Waals surface area contributed by atoms with Gasteiger partial charge in [0.1, 0.15) is 10.7 Å². The first kappa shape index (κ1) is 14.0. The molecule has 1 aromatic heterocycles. The molecule has 1 aromatic rings. The first-order valence-corrected chi connectivity index (χ1v) is 5.66. The molecule has 0 saturated carbocycles. The van der Waals surface area contributed by atoms with Crippen molar-refractivity contribution in [2.24, 2.45) is 11.5 Å². The normalized spacial score (nSPS) is 11.6. The van der Waals surface area contributed by atoms with Gasteiger partial charge in [-0.15, -0.1) is 0 Å². The fraction of sp³-hybridized carbons (Fsp3) is 0.273. The van der Waals surface area contributed by atoms with Crippen LogP contribution >= 0.6 is 12.2 Å². The van der Waals surface area contributed by atoms with Gasteiger partial charge in [0, 0.05) is 24.2 Å². The molecule has 7 heteroatoms. The first-order valence-electron chi connectivity index (χ1n) is 5.25. The maximum Gasteiger partial charge on any atom is 0.270 e. The number of nitrogens with one attached hydrogen (secondary N) is 1. The Bertz CT molecular complexity index is 472. The second-order valence-corrected chi connectivity index (χ2v) is 4.28. The second-order valence-electron chi connectivity index (χ2n) is 3.84. The zero-order valence-electron chi connectivity index (χ0n) is 9.84. The van der Waals surface area contributed by atoms with Gasteiger partial charge in [-0.05, 0) is 19.1 Å². The summed E-state index contributed by atoms with van der Waals surface area (Å²) in [5.74, 6) is -0.849. The molecule has 5 N–H and O–H groups in total. The molecule has 2 amide bonds. The van der Waals surface area contributed by atoms with Crippen molar-refractivity contribution in [2.45, 2.75) is 19.4 Å². The van der Waals surface area contributed by atoms with Gasteiger partial charge < -0.3 is 16.8 Å². The summed E-state index contributed by atoms with van der Waals surface area (Å²) in [6.45, 7) is 1.69. The van der Waals surface area contributed by atoms with Crippen molar-refractivity contribution < 1.29 is 9.59 Å². The van der Waals surface area contributed by atoms with Crippen molar-refractivity contribution in [3.05, 3.63) is 29.6 Å². The topological polar surface area (TPSA) is 111 Å². The van der Waals surface area contributed by atoms with Crippen molar-refractivity contribution in [1.29, 1.82) is 0 Å². The van der Waals surface area contributed by atoms with E-state index in [-0.39, 0.29) is 29.1 Å². The molecule has 0 spiro atoms. The molecule has 0 aliphatic carbocycles. The van der Waals surface area contributed by atoms with Crippen LogP contribution in [0.3, 0.4) is 0 Å². The summed E-state index contributed by atoms with van der Waals surface area (Å²) in [5.41, 5.74) is 11.3. The lowest BCUT2D eigenvalue weighted by molar-refractivity contribution is -0.118. The van der Waals surface area contributed by atoms with E-state index in [9.17, 15) is 9.59 Å². The molecule has 6 nitrogen and oxygen atoms in total. The van der Waals surface area contributed by atoms with Gasteiger partial charge in [-0.3, -0.25) is 14.6 Å². The van der Waals surface area contributed by atoms with Crippen LogP contribution < -0.4 is 16.8 Å². The molecular formula is C11H14N4O2S. The third-order valence-corrected chi connectivity index (χ3v) is 2.40. The standard InChI is InChI=1S/C11H14N4O2S/c1-6(4-9(12)16)15-11(17)8-3-2-7(5-14-8)10(13)18/h2-3,5-6H,4H2,1H3,(H2,12,16)(H2,13,18)(H,15,17). The summed E-state index contributed by atoms with van der Waals surface area (Å²) in [7, 11) is 0. The molecule has 0 radical (unpaired) electrons. The van der Waals surface area contributed by atoms with Gasteiger partial charge in [0.25, 0.3) is 5.91 Å². The van der Waals surface area contributed by atoms with E-state index in [1.807, 2.05) is 0 Å². The predicted molar refractivity (Wildman–Crippen MR) is 70.9 cm³/mol. The Balaban J connectivity index is 2.67. The number of carbonyl (C=O) groups is 2. The van der Waals surface area contributed by atoms with Crippen molar-refractivity contribution in [1.82, 2.24) is 10.3 Å². The van der Waals surface area contributed by atoms with Gasteiger partial charge in [-0.25, -0.2) is 0 Å². The van der Waals surface area contributed by atoms with Crippen molar-refractivity contribution in [2.75, 3.05) is 0 Å². The van der Waals surface area contributed by atoms with Crippen LogP contribution in [0.2, 0.25) is 0 Å². The molecular weight excluding hydrogens is 252 g/mol. The Hall–Kier alpha value is -2.02. The highest BCUT2D eigenvalue weighted by Gasteiger charge is 2.12. The number of nitrogens with zero attached hydrogens (tertiary/aromatic N) is 1. The third kappa shape index (κ3) is 4.10. The van der Waals surface area contributed by atoms with E-state index in [0.29, 0.717) is 5.56 Å². The van der Waals surface area contributed by atoms with Crippen molar-refractivity contribution in [3.8, 4) is 0 Å². The Labute approximate surface area is 110 Å². The van der Waals surface area contributed by atoms with Crippen LogP contribution in [0.1, 0.15) is 29.4 Å². The fourth-order valence-electron chi connectivity index (χ4n) is 1.32. The van der Waals surface area contributed by atoms with Crippen LogP contribution in [0.15, 0.2) is 18.3 Å². The second kappa shape index (κ2) is 6.06. The number of nitrogens with two attached hydrogens (primary N) is 2. The SMILES string of the molecule is CC(CC(N)=O)NC(=O)c1ccc(C(N)=S)cn1. The molecule has 1 atom stereocenters. The van der Waals surface area contributed by atoms with E-state index in [0.717, 1.165) is 0 Å². The van der Waals surface area contributed by atoms with Gasteiger partial charge in [-0.1, -0.05) is 12.2 Å². The number of carbonyl (C=O) groups excluding carboxylic acids is 2. The molecule has 0 aliphatic heterocycles. The van der Waals surface area contributed by atoms with E-state index in [1.165, 1.54) is 12.3 Å². The Kier molecular flexibility index (Phi) is 4.73. The lowest BCUT2D eigenvalue weighted by Gasteiger charge is -2.11. The van der Waals surface area contributed by atoms with E-state index in [1.54, 1.807) is 13.0 Å². The van der Waals surface area contributed by atoms with Gasteiger partial charge in [0.2, 0.25) is 5.91 Å². The number of pyridine rings is 1. The summed E-state index contributed by atoms with van der Waals surface area (Å²) >= 11 is 4.77. The van der Waals surface area contributed by atoms with Crippen LogP contribution in [0.4, 0.5) is 0 Å². The largest absolute Gasteiger partial charge is 0.389 e. The monoisotopic (exact) mass is 266 g/mol. The van der Waals surface area contributed by atoms with E-state index in [4.69, 9.17) is 23.7 Å². The molecule has 0 saturated heterocycles.